The van der Waals surface area contributed by atoms with Gasteiger partial charge in [0.15, 0.2) is 5.82 Å². The average Bonchev–Trinajstić information content (AvgIpc) is 3.12. The van der Waals surface area contributed by atoms with E-state index in [4.69, 9.17) is 4.74 Å². The van der Waals surface area contributed by atoms with E-state index in [9.17, 15) is 4.79 Å². The molecule has 140 valence electrons. The van der Waals surface area contributed by atoms with Crippen molar-refractivity contribution in [2.24, 2.45) is 0 Å². The predicted octanol–water partition coefficient (Wildman–Crippen LogP) is 2.58. The molecule has 0 aliphatic rings. The van der Waals surface area contributed by atoms with Crippen LogP contribution in [0.2, 0.25) is 0 Å². The number of carbonyl (C=O) groups excluding carboxylic acids is 1. The lowest BCUT2D eigenvalue weighted by molar-refractivity contribution is 0.0954. The molecule has 0 aliphatic carbocycles. The molecule has 8 nitrogen and oxygen atoms in total. The minimum Gasteiger partial charge on any atom is -0.497 e. The van der Waals surface area contributed by atoms with Crippen LogP contribution in [0.3, 0.4) is 0 Å². The first-order valence-corrected chi connectivity index (χ1v) is 9.08. The van der Waals surface area contributed by atoms with Crippen molar-refractivity contribution in [1.82, 2.24) is 25.3 Å². The Labute approximate surface area is 165 Å². The number of methoxy groups -OCH3 is 1. The number of amides is 1. The molecule has 1 aromatic carbocycles. The molecule has 3 aromatic rings. The number of aromatic nitrogens is 4. The standard InChI is InChI=1S/C18H19BrN6O2/c1-12-7-10-25(24-12)17-6-5-16(22-23-17)20-8-9-21-18(26)14-11-13(27-2)3-4-15(14)19/h3-7,10-11H,8-9H2,1-2H3,(H,20,22)(H,21,26). The Morgan fingerprint density at radius 3 is 2.70 bits per heavy atom. The van der Waals surface area contributed by atoms with Crippen LogP contribution in [0.15, 0.2) is 47.1 Å². The summed E-state index contributed by atoms with van der Waals surface area (Å²) in [7, 11) is 1.56. The van der Waals surface area contributed by atoms with E-state index in [1.807, 2.05) is 31.3 Å². The number of nitrogens with one attached hydrogen (secondary N) is 2. The van der Waals surface area contributed by atoms with Crippen molar-refractivity contribution < 1.29 is 9.53 Å². The van der Waals surface area contributed by atoms with Crippen LogP contribution in [0, 0.1) is 6.92 Å². The van der Waals surface area contributed by atoms with E-state index < -0.39 is 0 Å². The van der Waals surface area contributed by atoms with Crippen LogP contribution in [-0.2, 0) is 0 Å². The van der Waals surface area contributed by atoms with Gasteiger partial charge in [-0.1, -0.05) is 0 Å². The second kappa shape index (κ2) is 8.63. The van der Waals surface area contributed by atoms with Crippen molar-refractivity contribution in [3.8, 4) is 11.6 Å². The Bertz CT molecular complexity index is 926. The van der Waals surface area contributed by atoms with E-state index in [1.54, 1.807) is 30.0 Å². The second-order valence-electron chi connectivity index (χ2n) is 5.71. The van der Waals surface area contributed by atoms with Crippen molar-refractivity contribution >= 4 is 27.7 Å². The number of carbonyl (C=O) groups is 1. The minimum absolute atomic E-state index is 0.182. The molecule has 0 bridgehead atoms. The number of rotatable bonds is 7. The normalized spacial score (nSPS) is 10.5. The van der Waals surface area contributed by atoms with Crippen molar-refractivity contribution in [3.63, 3.8) is 0 Å². The highest BCUT2D eigenvalue weighted by Crippen LogP contribution is 2.22. The molecule has 0 fully saturated rings. The zero-order valence-corrected chi connectivity index (χ0v) is 16.5. The van der Waals surface area contributed by atoms with Gasteiger partial charge in [0.25, 0.3) is 5.91 Å². The van der Waals surface area contributed by atoms with Gasteiger partial charge in [0.2, 0.25) is 0 Å². The molecule has 0 aliphatic heterocycles. The zero-order valence-electron chi connectivity index (χ0n) is 14.9. The summed E-state index contributed by atoms with van der Waals surface area (Å²) in [5.74, 6) is 1.71. The number of hydrogen-bond acceptors (Lipinski definition) is 6. The van der Waals surface area contributed by atoms with E-state index in [1.165, 1.54) is 0 Å². The number of hydrogen-bond donors (Lipinski definition) is 2. The Morgan fingerprint density at radius 2 is 2.04 bits per heavy atom. The number of aryl methyl sites for hydroxylation is 1. The lowest BCUT2D eigenvalue weighted by atomic mass is 10.2. The molecule has 2 heterocycles. The molecular weight excluding hydrogens is 412 g/mol. The summed E-state index contributed by atoms with van der Waals surface area (Å²) in [6, 6.07) is 10.8. The number of halogens is 1. The molecule has 3 rings (SSSR count). The minimum atomic E-state index is -0.182. The summed E-state index contributed by atoms with van der Waals surface area (Å²) in [5, 5.41) is 18.5. The van der Waals surface area contributed by atoms with Crippen LogP contribution in [0.1, 0.15) is 16.1 Å². The van der Waals surface area contributed by atoms with E-state index >= 15 is 0 Å². The SMILES string of the molecule is COc1ccc(Br)c(C(=O)NCCNc2ccc(-n3ccc(C)n3)nn2)c1. The van der Waals surface area contributed by atoms with Gasteiger partial charge >= 0.3 is 0 Å². The average molecular weight is 431 g/mol. The molecule has 9 heteroatoms. The first-order chi connectivity index (χ1) is 13.1. The van der Waals surface area contributed by atoms with Crippen LogP contribution in [0.5, 0.6) is 5.75 Å². The second-order valence-corrected chi connectivity index (χ2v) is 6.56. The van der Waals surface area contributed by atoms with Crippen LogP contribution < -0.4 is 15.4 Å². The van der Waals surface area contributed by atoms with Crippen LogP contribution in [0.4, 0.5) is 5.82 Å². The molecule has 0 radical (unpaired) electrons. The summed E-state index contributed by atoms with van der Waals surface area (Å²) in [4.78, 5) is 12.3. The van der Waals surface area contributed by atoms with E-state index in [0.29, 0.717) is 40.5 Å². The van der Waals surface area contributed by atoms with Gasteiger partial charge in [-0.3, -0.25) is 4.79 Å². The van der Waals surface area contributed by atoms with E-state index in [2.05, 4.69) is 41.9 Å². The van der Waals surface area contributed by atoms with Gasteiger partial charge in [-0.05, 0) is 59.3 Å². The molecule has 2 N–H and O–H groups in total. The van der Waals surface area contributed by atoms with E-state index in [-0.39, 0.29) is 5.91 Å². The van der Waals surface area contributed by atoms with Crippen molar-refractivity contribution in [3.05, 3.63) is 58.3 Å². The Kier molecular flexibility index (Phi) is 6.02. The molecule has 0 unspecified atom stereocenters. The van der Waals surface area contributed by atoms with Crippen molar-refractivity contribution in [2.45, 2.75) is 6.92 Å². The molecule has 1 amide bonds. The third kappa shape index (κ3) is 4.82. The van der Waals surface area contributed by atoms with Crippen LogP contribution in [0.25, 0.3) is 5.82 Å². The maximum Gasteiger partial charge on any atom is 0.252 e. The highest BCUT2D eigenvalue weighted by molar-refractivity contribution is 9.10. The van der Waals surface area contributed by atoms with E-state index in [0.717, 1.165) is 5.69 Å². The Hall–Kier alpha value is -2.94. The number of ether oxygens (including phenoxy) is 1. The Morgan fingerprint density at radius 1 is 1.19 bits per heavy atom. The summed E-state index contributed by atoms with van der Waals surface area (Å²) < 4.78 is 7.53. The zero-order chi connectivity index (χ0) is 19.2. The largest absolute Gasteiger partial charge is 0.497 e. The fourth-order valence-electron chi connectivity index (χ4n) is 2.35. The summed E-state index contributed by atoms with van der Waals surface area (Å²) >= 11 is 3.38. The molecule has 27 heavy (non-hydrogen) atoms. The van der Waals surface area contributed by atoms with Gasteiger partial charge in [-0.15, -0.1) is 10.2 Å². The van der Waals surface area contributed by atoms with Gasteiger partial charge in [0, 0.05) is 23.8 Å². The number of nitrogens with zero attached hydrogens (tertiary/aromatic N) is 4. The van der Waals surface area contributed by atoms with Gasteiger partial charge < -0.3 is 15.4 Å². The molecule has 2 aromatic heterocycles. The van der Waals surface area contributed by atoms with Crippen molar-refractivity contribution in [2.75, 3.05) is 25.5 Å². The number of benzene rings is 1. The third-order valence-corrected chi connectivity index (χ3v) is 4.43. The van der Waals surface area contributed by atoms with Gasteiger partial charge in [0.05, 0.1) is 18.4 Å². The maximum atomic E-state index is 12.3. The number of anilines is 1. The first-order valence-electron chi connectivity index (χ1n) is 8.29. The predicted molar refractivity (Wildman–Crippen MR) is 105 cm³/mol. The summed E-state index contributed by atoms with van der Waals surface area (Å²) in [6.45, 7) is 2.87. The molecule has 0 saturated carbocycles. The Balaban J connectivity index is 1.49. The highest BCUT2D eigenvalue weighted by atomic mass is 79.9. The van der Waals surface area contributed by atoms with Crippen LogP contribution >= 0.6 is 15.9 Å². The highest BCUT2D eigenvalue weighted by Gasteiger charge is 2.10. The smallest absolute Gasteiger partial charge is 0.252 e. The van der Waals surface area contributed by atoms with Crippen LogP contribution in [-0.4, -0.2) is 46.1 Å². The monoisotopic (exact) mass is 430 g/mol. The summed E-state index contributed by atoms with van der Waals surface area (Å²) in [5.41, 5.74) is 1.44. The quantitative estimate of drug-likeness (QED) is 0.559. The topological polar surface area (TPSA) is 94.0 Å². The maximum absolute atomic E-state index is 12.3. The fraction of sp³-hybridized carbons (Fsp3) is 0.222. The third-order valence-electron chi connectivity index (χ3n) is 3.74. The molecule has 0 saturated heterocycles. The molecule has 0 spiro atoms. The molecular formula is C18H19BrN6O2. The molecule has 0 atom stereocenters. The first kappa shape index (κ1) is 18.8. The van der Waals surface area contributed by atoms with Crippen molar-refractivity contribution in [1.29, 1.82) is 0 Å². The van der Waals surface area contributed by atoms with Gasteiger partial charge in [-0.25, -0.2) is 4.68 Å². The summed E-state index contributed by atoms with van der Waals surface area (Å²) in [6.07, 6.45) is 1.83. The van der Waals surface area contributed by atoms with Gasteiger partial charge in [-0.2, -0.15) is 5.10 Å². The lowest BCUT2D eigenvalue weighted by Gasteiger charge is -2.09. The van der Waals surface area contributed by atoms with Gasteiger partial charge in [0.1, 0.15) is 11.6 Å². The lowest BCUT2D eigenvalue weighted by Crippen LogP contribution is -2.29. The fourth-order valence-corrected chi connectivity index (χ4v) is 2.78.